The third-order valence-electron chi connectivity index (χ3n) is 3.48. The maximum absolute atomic E-state index is 12.0. The van der Waals surface area contributed by atoms with E-state index in [-0.39, 0.29) is 6.04 Å². The molecular formula is C12H22BrN3O2S. The predicted octanol–water partition coefficient (Wildman–Crippen LogP) is 2.14. The maximum Gasteiger partial charge on any atom is 0.154 e. The lowest BCUT2D eigenvalue weighted by Crippen LogP contribution is -2.45. The predicted molar refractivity (Wildman–Crippen MR) is 80.9 cm³/mol. The molecule has 0 aliphatic carbocycles. The molecule has 1 rings (SSSR count). The van der Waals surface area contributed by atoms with Crippen molar-refractivity contribution < 1.29 is 8.42 Å². The molecule has 0 saturated heterocycles. The van der Waals surface area contributed by atoms with Gasteiger partial charge in [-0.05, 0) is 43.2 Å². The Hall–Kier alpha value is -0.400. The van der Waals surface area contributed by atoms with Crippen LogP contribution in [0, 0.1) is 0 Å². The van der Waals surface area contributed by atoms with Crippen LogP contribution in [-0.2, 0) is 16.4 Å². The molecule has 7 heteroatoms. The van der Waals surface area contributed by atoms with Gasteiger partial charge in [0.2, 0.25) is 0 Å². The van der Waals surface area contributed by atoms with Crippen molar-refractivity contribution >= 4 is 25.8 Å². The van der Waals surface area contributed by atoms with Gasteiger partial charge in [0.05, 0.1) is 27.2 Å². The summed E-state index contributed by atoms with van der Waals surface area (Å²) in [7, 11) is -1.44. The second kappa shape index (κ2) is 5.93. The molecule has 0 spiro atoms. The van der Waals surface area contributed by atoms with Crippen LogP contribution in [0.1, 0.15) is 38.9 Å². The fourth-order valence-corrected chi connectivity index (χ4v) is 3.26. The fraction of sp³-hybridized carbons (Fsp3) is 0.750. The number of rotatable bonds is 6. The van der Waals surface area contributed by atoms with E-state index in [1.165, 1.54) is 6.26 Å². The summed E-state index contributed by atoms with van der Waals surface area (Å²) in [6.07, 6.45) is 3.93. The van der Waals surface area contributed by atoms with Gasteiger partial charge >= 0.3 is 0 Å². The number of halogens is 1. The molecule has 1 unspecified atom stereocenters. The van der Waals surface area contributed by atoms with E-state index in [2.05, 4.69) is 33.3 Å². The minimum absolute atomic E-state index is 0.328. The fourth-order valence-electron chi connectivity index (χ4n) is 2.08. The van der Waals surface area contributed by atoms with Gasteiger partial charge < -0.3 is 5.32 Å². The zero-order chi connectivity index (χ0) is 14.8. The summed E-state index contributed by atoms with van der Waals surface area (Å²) in [5.74, 6) is 0. The first-order valence-corrected chi connectivity index (χ1v) is 8.93. The Kier molecular flexibility index (Phi) is 5.20. The summed E-state index contributed by atoms with van der Waals surface area (Å²) in [6.45, 7) is 6.30. The molecule has 1 aromatic rings. The minimum Gasteiger partial charge on any atom is -0.310 e. The highest BCUT2D eigenvalue weighted by Crippen LogP contribution is 2.35. The monoisotopic (exact) mass is 351 g/mol. The minimum atomic E-state index is -3.21. The van der Waals surface area contributed by atoms with E-state index in [0.29, 0.717) is 0 Å². The summed E-state index contributed by atoms with van der Waals surface area (Å²) in [5.41, 5.74) is 0.875. The Morgan fingerprint density at radius 2 is 2.11 bits per heavy atom. The van der Waals surface area contributed by atoms with Crippen LogP contribution in [0.25, 0.3) is 0 Å². The van der Waals surface area contributed by atoms with Crippen LogP contribution in [0.2, 0.25) is 0 Å². The van der Waals surface area contributed by atoms with Crippen LogP contribution in [0.15, 0.2) is 10.7 Å². The van der Waals surface area contributed by atoms with Gasteiger partial charge in [-0.15, -0.1) is 0 Å². The smallest absolute Gasteiger partial charge is 0.154 e. The Morgan fingerprint density at radius 1 is 1.53 bits per heavy atom. The van der Waals surface area contributed by atoms with Crippen molar-refractivity contribution in [1.29, 1.82) is 0 Å². The van der Waals surface area contributed by atoms with E-state index in [1.54, 1.807) is 27.1 Å². The number of nitrogens with zero attached hydrogens (tertiary/aromatic N) is 2. The third kappa shape index (κ3) is 3.20. The number of sulfone groups is 1. The second-order valence-corrected chi connectivity index (χ2v) is 8.65. The van der Waals surface area contributed by atoms with E-state index in [4.69, 9.17) is 0 Å². The molecule has 0 radical (unpaired) electrons. The van der Waals surface area contributed by atoms with Crippen molar-refractivity contribution in [2.24, 2.45) is 0 Å². The normalized spacial score (nSPS) is 14.6. The number of aryl methyl sites for hydroxylation is 1. The Bertz CT molecular complexity index is 537. The van der Waals surface area contributed by atoms with Crippen molar-refractivity contribution in [2.75, 3.05) is 13.3 Å². The summed E-state index contributed by atoms with van der Waals surface area (Å²) in [6, 6.07) is -0.328. The largest absolute Gasteiger partial charge is 0.310 e. The number of nitrogens with one attached hydrogen (secondary N) is 1. The first-order valence-electron chi connectivity index (χ1n) is 6.24. The number of aromatic nitrogens is 2. The van der Waals surface area contributed by atoms with Gasteiger partial charge in [0, 0.05) is 12.8 Å². The van der Waals surface area contributed by atoms with Crippen LogP contribution in [0.3, 0.4) is 0 Å². The summed E-state index contributed by atoms with van der Waals surface area (Å²) < 4.78 is 25.9. The lowest BCUT2D eigenvalue weighted by atomic mass is 10.00. The van der Waals surface area contributed by atoms with Crippen molar-refractivity contribution in [3.63, 3.8) is 0 Å². The highest BCUT2D eigenvalue weighted by Gasteiger charge is 2.41. The highest BCUT2D eigenvalue weighted by atomic mass is 79.9. The van der Waals surface area contributed by atoms with Crippen LogP contribution >= 0.6 is 15.9 Å². The lowest BCUT2D eigenvalue weighted by Gasteiger charge is -2.33. The van der Waals surface area contributed by atoms with Gasteiger partial charge in [0.15, 0.2) is 9.84 Å². The first-order chi connectivity index (χ1) is 8.66. The molecule has 1 aromatic heterocycles. The van der Waals surface area contributed by atoms with Crippen LogP contribution in [0.5, 0.6) is 0 Å². The van der Waals surface area contributed by atoms with Gasteiger partial charge in [-0.25, -0.2) is 8.42 Å². The molecule has 19 heavy (non-hydrogen) atoms. The molecule has 1 heterocycles. The summed E-state index contributed by atoms with van der Waals surface area (Å²) >= 11 is 3.47. The van der Waals surface area contributed by atoms with Crippen molar-refractivity contribution in [3.05, 3.63) is 16.4 Å². The van der Waals surface area contributed by atoms with Crippen LogP contribution in [0.4, 0.5) is 0 Å². The van der Waals surface area contributed by atoms with E-state index >= 15 is 0 Å². The average molecular weight is 352 g/mol. The zero-order valence-corrected chi connectivity index (χ0v) is 14.5. The molecule has 0 fully saturated rings. The highest BCUT2D eigenvalue weighted by molar-refractivity contribution is 9.10. The van der Waals surface area contributed by atoms with E-state index in [9.17, 15) is 8.42 Å². The topological polar surface area (TPSA) is 64.0 Å². The Balaban J connectivity index is 3.36. The molecule has 110 valence electrons. The molecule has 1 N–H and O–H groups in total. The van der Waals surface area contributed by atoms with E-state index < -0.39 is 14.6 Å². The lowest BCUT2D eigenvalue weighted by molar-refractivity contribution is 0.411. The molecular weight excluding hydrogens is 330 g/mol. The molecule has 1 atom stereocenters. The van der Waals surface area contributed by atoms with Gasteiger partial charge in [-0.3, -0.25) is 4.68 Å². The Labute approximate surface area is 123 Å². The van der Waals surface area contributed by atoms with Crippen molar-refractivity contribution in [2.45, 2.75) is 44.5 Å². The Morgan fingerprint density at radius 3 is 2.53 bits per heavy atom. The van der Waals surface area contributed by atoms with Gasteiger partial charge in [-0.2, -0.15) is 5.10 Å². The van der Waals surface area contributed by atoms with E-state index in [0.717, 1.165) is 23.1 Å². The average Bonchev–Trinajstić information content (AvgIpc) is 2.61. The quantitative estimate of drug-likeness (QED) is 0.852. The van der Waals surface area contributed by atoms with Crippen molar-refractivity contribution in [3.8, 4) is 0 Å². The first kappa shape index (κ1) is 16.7. The van der Waals surface area contributed by atoms with Gasteiger partial charge in [-0.1, -0.05) is 6.92 Å². The third-order valence-corrected chi connectivity index (χ3v) is 6.24. The standard InChI is InChI=1S/C12H22BrN3O2S/c1-6-7-16-10(9(13)8-15-16)11(14-4)12(2,3)19(5,17)18/h8,11,14H,6-7H2,1-5H3. The number of hydrogen-bond acceptors (Lipinski definition) is 4. The SMILES string of the molecule is CCCn1ncc(Br)c1C(NC)C(C)(C)S(C)(=O)=O. The summed E-state index contributed by atoms with van der Waals surface area (Å²) in [4.78, 5) is 0. The maximum atomic E-state index is 12.0. The van der Waals surface area contributed by atoms with E-state index in [1.807, 2.05) is 4.68 Å². The molecule has 0 aliphatic heterocycles. The second-order valence-electron chi connectivity index (χ2n) is 5.20. The molecule has 0 amide bonds. The molecule has 0 aromatic carbocycles. The van der Waals surface area contributed by atoms with Gasteiger partial charge in [0.1, 0.15) is 0 Å². The molecule has 0 saturated carbocycles. The molecule has 0 aliphatic rings. The van der Waals surface area contributed by atoms with Gasteiger partial charge in [0.25, 0.3) is 0 Å². The van der Waals surface area contributed by atoms with Crippen LogP contribution in [-0.4, -0.2) is 36.2 Å². The zero-order valence-electron chi connectivity index (χ0n) is 12.1. The van der Waals surface area contributed by atoms with Crippen molar-refractivity contribution in [1.82, 2.24) is 15.1 Å². The summed E-state index contributed by atoms with van der Waals surface area (Å²) in [5, 5.41) is 7.43. The molecule has 0 bridgehead atoms. The number of hydrogen-bond donors (Lipinski definition) is 1. The van der Waals surface area contributed by atoms with Crippen LogP contribution < -0.4 is 5.32 Å². The molecule has 5 nitrogen and oxygen atoms in total.